The standard InChI is InChI=1S/C29H29N5O2/c35-27(34-26-14-7-6-12-24(26)29(36)31-25-13-9-16-30-28(25)34)15-5-2-8-17-32-18-20-33(21-19-32)22-23-10-3-1-4-11-23/h1,3-4,6-7,9-14,16H,5,15,17-22H2,(H,31,36). The van der Waals surface area contributed by atoms with Gasteiger partial charge in [0.05, 0.1) is 23.5 Å². The highest BCUT2D eigenvalue weighted by Crippen LogP contribution is 2.36. The third-order valence-electron chi connectivity index (χ3n) is 6.49. The molecule has 0 spiro atoms. The van der Waals surface area contributed by atoms with Crippen molar-refractivity contribution in [3.63, 3.8) is 0 Å². The molecule has 182 valence electrons. The van der Waals surface area contributed by atoms with E-state index in [1.54, 1.807) is 36.5 Å². The van der Waals surface area contributed by atoms with Gasteiger partial charge in [-0.05, 0) is 29.8 Å². The molecule has 0 aliphatic carbocycles. The third-order valence-corrected chi connectivity index (χ3v) is 6.49. The molecule has 0 radical (unpaired) electrons. The largest absolute Gasteiger partial charge is 0.319 e. The van der Waals surface area contributed by atoms with Crippen LogP contribution in [0.25, 0.3) is 0 Å². The molecule has 3 heterocycles. The fourth-order valence-electron chi connectivity index (χ4n) is 4.57. The molecule has 0 saturated carbocycles. The summed E-state index contributed by atoms with van der Waals surface area (Å²) in [6.45, 7) is 5.75. The number of anilines is 3. The van der Waals surface area contributed by atoms with Gasteiger partial charge in [-0.25, -0.2) is 4.98 Å². The zero-order chi connectivity index (χ0) is 24.7. The van der Waals surface area contributed by atoms with E-state index in [9.17, 15) is 9.59 Å². The maximum atomic E-state index is 13.3. The minimum atomic E-state index is -0.251. The molecule has 1 fully saturated rings. The lowest BCUT2D eigenvalue weighted by Gasteiger charge is -2.33. The predicted molar refractivity (Wildman–Crippen MR) is 141 cm³/mol. The Bertz CT molecular complexity index is 1290. The average Bonchev–Trinajstić information content (AvgIpc) is 3.04. The lowest BCUT2D eigenvalue weighted by Crippen LogP contribution is -2.45. The van der Waals surface area contributed by atoms with E-state index in [2.05, 4.69) is 62.3 Å². The van der Waals surface area contributed by atoms with Gasteiger partial charge in [0.1, 0.15) is 0 Å². The number of carbonyl (C=O) groups excluding carboxylic acids is 2. The van der Waals surface area contributed by atoms with Crippen LogP contribution in [0.4, 0.5) is 17.2 Å². The molecule has 3 aromatic rings. The van der Waals surface area contributed by atoms with Gasteiger partial charge >= 0.3 is 0 Å². The van der Waals surface area contributed by atoms with Gasteiger partial charge in [0.15, 0.2) is 5.82 Å². The number of aromatic nitrogens is 1. The van der Waals surface area contributed by atoms with Crippen LogP contribution >= 0.6 is 0 Å². The molecule has 1 saturated heterocycles. The molecule has 0 atom stereocenters. The second-order valence-corrected chi connectivity index (χ2v) is 8.97. The lowest BCUT2D eigenvalue weighted by atomic mass is 10.1. The number of para-hydroxylation sites is 1. The number of nitrogens with zero attached hydrogens (tertiary/aromatic N) is 4. The number of amides is 2. The smallest absolute Gasteiger partial charge is 0.257 e. The minimum Gasteiger partial charge on any atom is -0.319 e. The first-order valence-corrected chi connectivity index (χ1v) is 12.3. The van der Waals surface area contributed by atoms with Gasteiger partial charge in [-0.15, -0.1) is 5.92 Å². The van der Waals surface area contributed by atoms with Crippen molar-refractivity contribution in [2.75, 3.05) is 42.9 Å². The molecule has 2 aliphatic rings. The van der Waals surface area contributed by atoms with Crippen molar-refractivity contribution in [3.8, 4) is 11.8 Å². The zero-order valence-electron chi connectivity index (χ0n) is 20.2. The van der Waals surface area contributed by atoms with Crippen molar-refractivity contribution in [1.29, 1.82) is 0 Å². The van der Waals surface area contributed by atoms with Crippen LogP contribution in [0.5, 0.6) is 0 Å². The van der Waals surface area contributed by atoms with E-state index in [0.717, 1.165) is 32.7 Å². The fourth-order valence-corrected chi connectivity index (χ4v) is 4.57. The Kier molecular flexibility index (Phi) is 7.36. The minimum absolute atomic E-state index is 0.136. The van der Waals surface area contributed by atoms with Gasteiger partial charge in [-0.1, -0.05) is 48.4 Å². The number of hydrogen-bond acceptors (Lipinski definition) is 5. The van der Waals surface area contributed by atoms with Crippen LogP contribution in [0.15, 0.2) is 72.9 Å². The molecule has 1 aromatic heterocycles. The number of benzene rings is 2. The number of piperazine rings is 1. The summed E-state index contributed by atoms with van der Waals surface area (Å²) >= 11 is 0. The van der Waals surface area contributed by atoms with Gasteiger partial charge in [0, 0.05) is 51.8 Å². The van der Waals surface area contributed by atoms with Crippen molar-refractivity contribution in [3.05, 3.63) is 84.1 Å². The number of fused-ring (bicyclic) bond motifs is 2. The van der Waals surface area contributed by atoms with Crippen LogP contribution < -0.4 is 10.2 Å². The number of pyridine rings is 1. The number of carbonyl (C=O) groups is 2. The molecule has 2 aromatic carbocycles. The monoisotopic (exact) mass is 479 g/mol. The molecular weight excluding hydrogens is 450 g/mol. The summed E-state index contributed by atoms with van der Waals surface area (Å²) < 4.78 is 0. The maximum Gasteiger partial charge on any atom is 0.257 e. The third kappa shape index (κ3) is 5.46. The van der Waals surface area contributed by atoms with E-state index in [0.29, 0.717) is 35.7 Å². The first-order valence-electron chi connectivity index (χ1n) is 12.3. The van der Waals surface area contributed by atoms with Gasteiger partial charge in [-0.2, -0.15) is 0 Å². The van der Waals surface area contributed by atoms with Gasteiger partial charge in [0.25, 0.3) is 5.91 Å². The zero-order valence-corrected chi connectivity index (χ0v) is 20.2. The Labute approximate surface area is 211 Å². The summed E-state index contributed by atoms with van der Waals surface area (Å²) in [5.41, 5.74) is 2.85. The van der Waals surface area contributed by atoms with E-state index in [1.165, 1.54) is 10.5 Å². The first kappa shape index (κ1) is 23.7. The predicted octanol–water partition coefficient (Wildman–Crippen LogP) is 3.91. The molecule has 1 N–H and O–H groups in total. The molecule has 7 nitrogen and oxygen atoms in total. The molecule has 5 rings (SSSR count). The van der Waals surface area contributed by atoms with Crippen molar-refractivity contribution in [1.82, 2.24) is 14.8 Å². The maximum absolute atomic E-state index is 13.3. The molecule has 2 aliphatic heterocycles. The summed E-state index contributed by atoms with van der Waals surface area (Å²) in [6, 6.07) is 21.2. The summed E-state index contributed by atoms with van der Waals surface area (Å²) in [5, 5.41) is 2.86. The van der Waals surface area contributed by atoms with E-state index in [4.69, 9.17) is 0 Å². The molecule has 0 unspecified atom stereocenters. The highest BCUT2D eigenvalue weighted by Gasteiger charge is 2.29. The highest BCUT2D eigenvalue weighted by atomic mass is 16.2. The fraction of sp³-hybridized carbons (Fsp3) is 0.276. The summed E-state index contributed by atoms with van der Waals surface area (Å²) in [7, 11) is 0. The number of hydrogen-bond donors (Lipinski definition) is 1. The molecule has 2 amide bonds. The van der Waals surface area contributed by atoms with E-state index in [-0.39, 0.29) is 18.2 Å². The highest BCUT2D eigenvalue weighted by molar-refractivity contribution is 6.17. The van der Waals surface area contributed by atoms with Crippen molar-refractivity contribution in [2.45, 2.75) is 19.4 Å². The summed E-state index contributed by atoms with van der Waals surface area (Å²) in [5.74, 6) is 6.46. The molecule has 7 heteroatoms. The molecule has 36 heavy (non-hydrogen) atoms. The molecule has 0 bridgehead atoms. The molecular formula is C29H29N5O2. The second kappa shape index (κ2) is 11.2. The Morgan fingerprint density at radius 3 is 2.47 bits per heavy atom. The Morgan fingerprint density at radius 1 is 0.889 bits per heavy atom. The van der Waals surface area contributed by atoms with Crippen LogP contribution in [-0.4, -0.2) is 59.3 Å². The number of rotatable bonds is 5. The average molecular weight is 480 g/mol. The Hall–Kier alpha value is -3.99. The lowest BCUT2D eigenvalue weighted by molar-refractivity contribution is -0.117. The van der Waals surface area contributed by atoms with Crippen LogP contribution in [-0.2, 0) is 11.3 Å². The Balaban J connectivity index is 1.16. The number of nitrogens with one attached hydrogen (secondary N) is 1. The topological polar surface area (TPSA) is 68.8 Å². The van der Waals surface area contributed by atoms with Gasteiger partial charge < -0.3 is 5.32 Å². The summed E-state index contributed by atoms with van der Waals surface area (Å²) in [4.78, 5) is 36.8. The first-order chi connectivity index (χ1) is 17.7. The summed E-state index contributed by atoms with van der Waals surface area (Å²) in [6.07, 6.45) is 2.32. The van der Waals surface area contributed by atoms with Crippen LogP contribution in [0.2, 0.25) is 0 Å². The van der Waals surface area contributed by atoms with Crippen molar-refractivity contribution < 1.29 is 9.59 Å². The van der Waals surface area contributed by atoms with Crippen LogP contribution in [0, 0.1) is 11.8 Å². The van der Waals surface area contributed by atoms with Crippen LogP contribution in [0.1, 0.15) is 28.8 Å². The van der Waals surface area contributed by atoms with E-state index >= 15 is 0 Å². The van der Waals surface area contributed by atoms with E-state index < -0.39 is 0 Å². The van der Waals surface area contributed by atoms with Crippen molar-refractivity contribution in [2.24, 2.45) is 0 Å². The van der Waals surface area contributed by atoms with E-state index in [1.807, 2.05) is 6.07 Å². The quantitative estimate of drug-likeness (QED) is 0.562. The van der Waals surface area contributed by atoms with Crippen molar-refractivity contribution >= 4 is 29.0 Å². The van der Waals surface area contributed by atoms with Gasteiger partial charge in [-0.3, -0.25) is 24.3 Å². The SMILES string of the molecule is O=C1Nc2cccnc2N(C(=O)CCC#CCN2CCN(Cc3ccccc3)CC2)c2ccccc21. The normalized spacial score (nSPS) is 15.7. The Morgan fingerprint density at radius 2 is 1.64 bits per heavy atom. The van der Waals surface area contributed by atoms with Crippen LogP contribution in [0.3, 0.4) is 0 Å². The second-order valence-electron chi connectivity index (χ2n) is 8.97. The van der Waals surface area contributed by atoms with Gasteiger partial charge in [0.2, 0.25) is 5.91 Å².